The minimum absolute atomic E-state index is 0.458. The lowest BCUT2D eigenvalue weighted by molar-refractivity contribution is 0.0838. The topological polar surface area (TPSA) is 45.4 Å². The second-order valence-corrected chi connectivity index (χ2v) is 8.36. The number of aryl methyl sites for hydroxylation is 1. The van der Waals surface area contributed by atoms with Crippen molar-refractivity contribution in [2.45, 2.75) is 64.7 Å². The van der Waals surface area contributed by atoms with Crippen LogP contribution in [0, 0.1) is 11.3 Å². The molecule has 0 aromatic carbocycles. The Morgan fingerprint density at radius 2 is 1.96 bits per heavy atom. The van der Waals surface area contributed by atoms with Gasteiger partial charge >= 0.3 is 0 Å². The van der Waals surface area contributed by atoms with E-state index in [4.69, 9.17) is 4.52 Å². The van der Waals surface area contributed by atoms with Crippen molar-refractivity contribution in [3.05, 3.63) is 5.89 Å². The lowest BCUT2D eigenvalue weighted by Crippen LogP contribution is -2.46. The molecule has 3 heterocycles. The third kappa shape index (κ3) is 3.46. The Bertz CT molecular complexity index is 539. The van der Waals surface area contributed by atoms with Crippen LogP contribution < -0.4 is 4.90 Å². The summed E-state index contributed by atoms with van der Waals surface area (Å²) in [6.07, 6.45) is 12.1. The first-order chi connectivity index (χ1) is 11.8. The smallest absolute Gasteiger partial charge is 0.266 e. The average molecular weight is 332 g/mol. The van der Waals surface area contributed by atoms with Gasteiger partial charge in [0.15, 0.2) is 0 Å². The van der Waals surface area contributed by atoms with Crippen LogP contribution in [0.25, 0.3) is 0 Å². The molecule has 0 radical (unpaired) electrons. The van der Waals surface area contributed by atoms with Crippen molar-refractivity contribution in [1.82, 2.24) is 15.0 Å². The zero-order valence-corrected chi connectivity index (χ0v) is 15.2. The van der Waals surface area contributed by atoms with Gasteiger partial charge in [-0.3, -0.25) is 0 Å². The van der Waals surface area contributed by atoms with Gasteiger partial charge in [-0.25, -0.2) is 0 Å². The highest BCUT2D eigenvalue weighted by molar-refractivity contribution is 5.31. The highest BCUT2D eigenvalue weighted by Gasteiger charge is 2.42. The second-order valence-electron chi connectivity index (χ2n) is 8.36. The fourth-order valence-electron chi connectivity index (χ4n) is 5.16. The predicted molar refractivity (Wildman–Crippen MR) is 95.2 cm³/mol. The number of piperidine rings is 1. The summed E-state index contributed by atoms with van der Waals surface area (Å²) in [6, 6.07) is 0. The SMILES string of the molecule is CCc1nc(N2CC[C@]3(CCCN(CC4CCCCC4)C3)C2)no1. The van der Waals surface area contributed by atoms with Crippen molar-refractivity contribution < 1.29 is 4.52 Å². The van der Waals surface area contributed by atoms with Crippen molar-refractivity contribution >= 4 is 5.95 Å². The molecule has 0 N–H and O–H groups in total. The molecule has 1 atom stereocenters. The summed E-state index contributed by atoms with van der Waals surface area (Å²) in [6.45, 7) is 8.17. The van der Waals surface area contributed by atoms with Crippen LogP contribution in [0.2, 0.25) is 0 Å². The predicted octanol–water partition coefficient (Wildman–Crippen LogP) is 3.50. The molecule has 1 aromatic rings. The summed E-state index contributed by atoms with van der Waals surface area (Å²) in [5, 5.41) is 4.19. The van der Waals surface area contributed by atoms with Crippen molar-refractivity contribution in [3.63, 3.8) is 0 Å². The Balaban J connectivity index is 1.36. The van der Waals surface area contributed by atoms with Crippen molar-refractivity contribution in [2.24, 2.45) is 11.3 Å². The van der Waals surface area contributed by atoms with Gasteiger partial charge in [-0.15, -0.1) is 0 Å². The van der Waals surface area contributed by atoms with Crippen molar-refractivity contribution in [2.75, 3.05) is 37.6 Å². The maximum Gasteiger partial charge on any atom is 0.266 e. The van der Waals surface area contributed by atoms with Gasteiger partial charge in [-0.1, -0.05) is 26.2 Å². The first-order valence-electron chi connectivity index (χ1n) is 10.1. The van der Waals surface area contributed by atoms with Gasteiger partial charge < -0.3 is 14.3 Å². The minimum atomic E-state index is 0.458. The Morgan fingerprint density at radius 1 is 1.08 bits per heavy atom. The third-order valence-electron chi connectivity index (χ3n) is 6.46. The molecule has 2 saturated heterocycles. The largest absolute Gasteiger partial charge is 0.338 e. The van der Waals surface area contributed by atoms with Gasteiger partial charge in [0, 0.05) is 38.0 Å². The molecule has 24 heavy (non-hydrogen) atoms. The number of likely N-dealkylation sites (tertiary alicyclic amines) is 1. The summed E-state index contributed by atoms with van der Waals surface area (Å²) in [5.41, 5.74) is 0.458. The molecule has 134 valence electrons. The maximum absolute atomic E-state index is 5.31. The highest BCUT2D eigenvalue weighted by Crippen LogP contribution is 2.40. The van der Waals surface area contributed by atoms with Crippen LogP contribution in [-0.4, -0.2) is 47.8 Å². The first-order valence-corrected chi connectivity index (χ1v) is 10.1. The Hall–Kier alpha value is -1.10. The molecule has 5 heteroatoms. The summed E-state index contributed by atoms with van der Waals surface area (Å²) in [7, 11) is 0. The van der Waals surface area contributed by atoms with Gasteiger partial charge in [0.25, 0.3) is 5.95 Å². The van der Waals surface area contributed by atoms with E-state index in [0.29, 0.717) is 5.41 Å². The summed E-state index contributed by atoms with van der Waals surface area (Å²) in [4.78, 5) is 9.66. The van der Waals surface area contributed by atoms with E-state index < -0.39 is 0 Å². The maximum atomic E-state index is 5.31. The van der Waals surface area contributed by atoms with E-state index in [1.54, 1.807) is 0 Å². The van der Waals surface area contributed by atoms with E-state index >= 15 is 0 Å². The van der Waals surface area contributed by atoms with E-state index in [0.717, 1.165) is 37.3 Å². The van der Waals surface area contributed by atoms with Crippen LogP contribution in [0.4, 0.5) is 5.95 Å². The number of nitrogens with zero attached hydrogens (tertiary/aromatic N) is 4. The number of aromatic nitrogens is 2. The molecular weight excluding hydrogens is 300 g/mol. The van der Waals surface area contributed by atoms with Crippen molar-refractivity contribution in [1.29, 1.82) is 0 Å². The molecule has 5 nitrogen and oxygen atoms in total. The normalized spacial score (nSPS) is 29.6. The molecule has 3 fully saturated rings. The van der Waals surface area contributed by atoms with Crippen LogP contribution in [0.1, 0.15) is 64.2 Å². The summed E-state index contributed by atoms with van der Waals surface area (Å²) >= 11 is 0. The average Bonchev–Trinajstić information content (AvgIpc) is 3.23. The Kier molecular flexibility index (Phi) is 4.79. The van der Waals surface area contributed by atoms with Gasteiger partial charge in [-0.2, -0.15) is 4.98 Å². The van der Waals surface area contributed by atoms with Crippen LogP contribution in [0.3, 0.4) is 0 Å². The van der Waals surface area contributed by atoms with E-state index in [1.807, 2.05) is 0 Å². The standard InChI is InChI=1S/C19H32N4O/c1-2-17-20-18(21-24-17)23-12-10-19(15-23)9-6-11-22(14-19)13-16-7-4-3-5-8-16/h16H,2-15H2,1H3/t19-/m0/s1. The van der Waals surface area contributed by atoms with E-state index in [9.17, 15) is 0 Å². The molecule has 1 aliphatic carbocycles. The van der Waals surface area contributed by atoms with Gasteiger partial charge in [0.1, 0.15) is 0 Å². The summed E-state index contributed by atoms with van der Waals surface area (Å²) < 4.78 is 5.31. The Labute approximate surface area is 145 Å². The molecule has 0 bridgehead atoms. The number of rotatable bonds is 4. The first kappa shape index (κ1) is 16.4. The zero-order valence-electron chi connectivity index (χ0n) is 15.2. The van der Waals surface area contributed by atoms with Crippen LogP contribution in [0.15, 0.2) is 4.52 Å². The second kappa shape index (κ2) is 7.03. The summed E-state index contributed by atoms with van der Waals surface area (Å²) in [5.74, 6) is 2.53. The molecule has 0 amide bonds. The number of hydrogen-bond acceptors (Lipinski definition) is 5. The quantitative estimate of drug-likeness (QED) is 0.844. The zero-order chi connectivity index (χ0) is 16.4. The molecule has 2 aliphatic heterocycles. The number of hydrogen-bond donors (Lipinski definition) is 0. The number of anilines is 1. The lowest BCUT2D eigenvalue weighted by Gasteiger charge is -2.42. The molecule has 1 spiro atoms. The van der Waals surface area contributed by atoms with Gasteiger partial charge in [-0.05, 0) is 49.7 Å². The van der Waals surface area contributed by atoms with Crippen molar-refractivity contribution in [3.8, 4) is 0 Å². The third-order valence-corrected chi connectivity index (χ3v) is 6.46. The lowest BCUT2D eigenvalue weighted by atomic mass is 9.78. The van der Waals surface area contributed by atoms with E-state index in [-0.39, 0.29) is 0 Å². The molecule has 3 aliphatic rings. The minimum Gasteiger partial charge on any atom is -0.338 e. The van der Waals surface area contributed by atoms with Crippen LogP contribution >= 0.6 is 0 Å². The fourth-order valence-corrected chi connectivity index (χ4v) is 5.16. The van der Waals surface area contributed by atoms with Gasteiger partial charge in [0.2, 0.25) is 5.89 Å². The van der Waals surface area contributed by atoms with Gasteiger partial charge in [0.05, 0.1) is 0 Å². The molecule has 4 rings (SSSR count). The molecule has 1 saturated carbocycles. The van der Waals surface area contributed by atoms with E-state index in [2.05, 4.69) is 26.9 Å². The van der Waals surface area contributed by atoms with E-state index in [1.165, 1.54) is 71.0 Å². The van der Waals surface area contributed by atoms with Crippen LogP contribution in [0.5, 0.6) is 0 Å². The fraction of sp³-hybridized carbons (Fsp3) is 0.895. The monoisotopic (exact) mass is 332 g/mol. The Morgan fingerprint density at radius 3 is 2.75 bits per heavy atom. The van der Waals surface area contributed by atoms with Crippen LogP contribution in [-0.2, 0) is 6.42 Å². The molecular formula is C19H32N4O. The molecule has 0 unspecified atom stereocenters. The highest BCUT2D eigenvalue weighted by atomic mass is 16.5. The molecule has 1 aromatic heterocycles.